The van der Waals surface area contributed by atoms with Crippen LogP contribution in [-0.2, 0) is 4.74 Å². The van der Waals surface area contributed by atoms with E-state index in [-0.39, 0.29) is 5.91 Å². The summed E-state index contributed by atoms with van der Waals surface area (Å²) in [6.45, 7) is 0. The van der Waals surface area contributed by atoms with Crippen molar-refractivity contribution in [2.45, 2.75) is 0 Å². The van der Waals surface area contributed by atoms with Gasteiger partial charge in [-0.05, 0) is 30.3 Å². The highest BCUT2D eigenvalue weighted by atomic mass is 16.5. The van der Waals surface area contributed by atoms with Crippen molar-refractivity contribution in [3.63, 3.8) is 0 Å². The van der Waals surface area contributed by atoms with Gasteiger partial charge in [0.25, 0.3) is 5.91 Å². The van der Waals surface area contributed by atoms with Gasteiger partial charge in [-0.3, -0.25) is 4.79 Å². The van der Waals surface area contributed by atoms with Crippen molar-refractivity contribution in [3.05, 3.63) is 78.1 Å². The zero-order chi connectivity index (χ0) is 16.9. The molecule has 6 heteroatoms. The summed E-state index contributed by atoms with van der Waals surface area (Å²) in [6.07, 6.45) is 3.14. The van der Waals surface area contributed by atoms with Gasteiger partial charge < -0.3 is 10.1 Å². The fraction of sp³-hybridized carbons (Fsp3) is 0.0556. The molecule has 1 amide bonds. The molecule has 2 aromatic carbocycles. The van der Waals surface area contributed by atoms with E-state index in [0.29, 0.717) is 16.8 Å². The Bertz CT molecular complexity index is 872. The first-order chi connectivity index (χ1) is 11.7. The zero-order valence-corrected chi connectivity index (χ0v) is 13.0. The molecule has 1 N–H and O–H groups in total. The lowest BCUT2D eigenvalue weighted by Crippen LogP contribution is -2.12. The van der Waals surface area contributed by atoms with Crippen LogP contribution in [0.4, 0.5) is 5.69 Å². The summed E-state index contributed by atoms with van der Waals surface area (Å²) in [4.78, 5) is 23.9. The zero-order valence-electron chi connectivity index (χ0n) is 13.0. The van der Waals surface area contributed by atoms with E-state index in [1.54, 1.807) is 35.1 Å². The number of rotatable bonds is 4. The Morgan fingerprint density at radius 3 is 2.58 bits per heavy atom. The largest absolute Gasteiger partial charge is 0.465 e. The number of hydrogen-bond acceptors (Lipinski definition) is 4. The van der Waals surface area contributed by atoms with Crippen molar-refractivity contribution in [3.8, 4) is 5.69 Å². The maximum absolute atomic E-state index is 12.3. The lowest BCUT2D eigenvalue weighted by Gasteiger charge is -2.05. The van der Waals surface area contributed by atoms with Crippen molar-refractivity contribution >= 4 is 17.6 Å². The summed E-state index contributed by atoms with van der Waals surface area (Å²) in [5, 5.41) is 6.93. The van der Waals surface area contributed by atoms with Gasteiger partial charge in [0.2, 0.25) is 0 Å². The summed E-state index contributed by atoms with van der Waals surface area (Å²) in [6, 6.07) is 16.1. The van der Waals surface area contributed by atoms with Crippen LogP contribution in [0.5, 0.6) is 0 Å². The summed E-state index contributed by atoms with van der Waals surface area (Å²) in [5.74, 6) is -0.762. The molecule has 0 aliphatic carbocycles. The third-order valence-corrected chi connectivity index (χ3v) is 3.41. The SMILES string of the molecule is COC(=O)c1cccc(NC(=O)c2cnn(-c3ccccc3)c2)c1. The molecule has 0 aliphatic rings. The minimum absolute atomic E-state index is 0.306. The Morgan fingerprint density at radius 1 is 1.04 bits per heavy atom. The molecule has 0 unspecified atom stereocenters. The fourth-order valence-corrected chi connectivity index (χ4v) is 2.21. The van der Waals surface area contributed by atoms with Crippen LogP contribution in [0.3, 0.4) is 0 Å². The normalized spacial score (nSPS) is 10.2. The molecule has 1 aromatic heterocycles. The number of para-hydroxylation sites is 1. The third-order valence-electron chi connectivity index (χ3n) is 3.41. The number of carbonyl (C=O) groups excluding carboxylic acids is 2. The molecule has 0 saturated carbocycles. The van der Waals surface area contributed by atoms with Crippen LogP contribution in [0.1, 0.15) is 20.7 Å². The van der Waals surface area contributed by atoms with Gasteiger partial charge in [-0.2, -0.15) is 5.10 Å². The quantitative estimate of drug-likeness (QED) is 0.750. The summed E-state index contributed by atoms with van der Waals surface area (Å²) >= 11 is 0. The molecule has 0 radical (unpaired) electrons. The molecule has 0 bridgehead atoms. The van der Waals surface area contributed by atoms with Crippen molar-refractivity contribution in [1.29, 1.82) is 0 Å². The van der Waals surface area contributed by atoms with Crippen LogP contribution in [0.15, 0.2) is 67.0 Å². The molecular weight excluding hydrogens is 306 g/mol. The second-order valence-corrected chi connectivity index (χ2v) is 5.04. The van der Waals surface area contributed by atoms with Crippen LogP contribution in [-0.4, -0.2) is 28.8 Å². The molecule has 120 valence electrons. The number of carbonyl (C=O) groups is 2. The van der Waals surface area contributed by atoms with Gasteiger partial charge in [-0.1, -0.05) is 24.3 Å². The standard InChI is InChI=1S/C18H15N3O3/c1-24-18(23)13-6-5-7-15(10-13)20-17(22)14-11-19-21(12-14)16-8-3-2-4-9-16/h2-12H,1H3,(H,20,22). The monoisotopic (exact) mass is 321 g/mol. The lowest BCUT2D eigenvalue weighted by atomic mass is 10.2. The Morgan fingerprint density at radius 2 is 1.83 bits per heavy atom. The van der Waals surface area contributed by atoms with Gasteiger partial charge in [-0.15, -0.1) is 0 Å². The van der Waals surface area contributed by atoms with E-state index in [0.717, 1.165) is 5.69 Å². The number of methoxy groups -OCH3 is 1. The first-order valence-corrected chi connectivity index (χ1v) is 7.27. The smallest absolute Gasteiger partial charge is 0.337 e. The van der Waals surface area contributed by atoms with E-state index in [2.05, 4.69) is 15.2 Å². The topological polar surface area (TPSA) is 73.2 Å². The molecule has 3 rings (SSSR count). The van der Waals surface area contributed by atoms with Gasteiger partial charge >= 0.3 is 5.97 Å². The maximum atomic E-state index is 12.3. The van der Waals surface area contributed by atoms with Crippen molar-refractivity contribution in [2.24, 2.45) is 0 Å². The molecule has 0 saturated heterocycles. The van der Waals surface area contributed by atoms with E-state index < -0.39 is 5.97 Å². The van der Waals surface area contributed by atoms with E-state index in [1.165, 1.54) is 13.3 Å². The first kappa shape index (κ1) is 15.5. The number of esters is 1. The number of ether oxygens (including phenoxy) is 1. The number of nitrogens with zero attached hydrogens (tertiary/aromatic N) is 2. The van der Waals surface area contributed by atoms with Crippen LogP contribution < -0.4 is 5.32 Å². The predicted molar refractivity (Wildman–Crippen MR) is 89.3 cm³/mol. The predicted octanol–water partition coefficient (Wildman–Crippen LogP) is 2.91. The second kappa shape index (κ2) is 6.78. The molecule has 0 atom stereocenters. The highest BCUT2D eigenvalue weighted by molar-refractivity contribution is 6.04. The average Bonchev–Trinajstić information content (AvgIpc) is 3.12. The van der Waals surface area contributed by atoms with E-state index in [4.69, 9.17) is 0 Å². The Hall–Kier alpha value is -3.41. The Kier molecular flexibility index (Phi) is 4.38. The highest BCUT2D eigenvalue weighted by Crippen LogP contribution is 2.14. The molecule has 24 heavy (non-hydrogen) atoms. The van der Waals surface area contributed by atoms with E-state index in [1.807, 2.05) is 30.3 Å². The van der Waals surface area contributed by atoms with Gasteiger partial charge in [0.15, 0.2) is 0 Å². The average molecular weight is 321 g/mol. The fourth-order valence-electron chi connectivity index (χ4n) is 2.21. The molecule has 0 aliphatic heterocycles. The summed E-state index contributed by atoms with van der Waals surface area (Å²) in [5.41, 5.74) is 2.16. The van der Waals surface area contributed by atoms with Crippen LogP contribution in [0, 0.1) is 0 Å². The Balaban J connectivity index is 1.76. The molecular formula is C18H15N3O3. The number of anilines is 1. The van der Waals surface area contributed by atoms with Crippen molar-refractivity contribution in [1.82, 2.24) is 9.78 Å². The molecule has 0 spiro atoms. The third kappa shape index (κ3) is 3.33. The molecule has 6 nitrogen and oxygen atoms in total. The van der Waals surface area contributed by atoms with Gasteiger partial charge in [0, 0.05) is 11.9 Å². The maximum Gasteiger partial charge on any atom is 0.337 e. The molecule has 0 fully saturated rings. The van der Waals surface area contributed by atoms with Crippen molar-refractivity contribution in [2.75, 3.05) is 12.4 Å². The lowest BCUT2D eigenvalue weighted by molar-refractivity contribution is 0.0600. The van der Waals surface area contributed by atoms with E-state index >= 15 is 0 Å². The first-order valence-electron chi connectivity index (χ1n) is 7.27. The van der Waals surface area contributed by atoms with Gasteiger partial charge in [-0.25, -0.2) is 9.48 Å². The highest BCUT2D eigenvalue weighted by Gasteiger charge is 2.11. The van der Waals surface area contributed by atoms with Crippen LogP contribution >= 0.6 is 0 Å². The molecule has 1 heterocycles. The Labute approximate surface area is 138 Å². The van der Waals surface area contributed by atoms with E-state index in [9.17, 15) is 9.59 Å². The van der Waals surface area contributed by atoms with Crippen molar-refractivity contribution < 1.29 is 14.3 Å². The minimum Gasteiger partial charge on any atom is -0.465 e. The molecule has 3 aromatic rings. The number of nitrogens with one attached hydrogen (secondary N) is 1. The van der Waals surface area contributed by atoms with Crippen LogP contribution in [0.2, 0.25) is 0 Å². The summed E-state index contributed by atoms with van der Waals surface area (Å²) < 4.78 is 6.29. The number of aromatic nitrogens is 2. The van der Waals surface area contributed by atoms with Crippen LogP contribution in [0.25, 0.3) is 5.69 Å². The van der Waals surface area contributed by atoms with Gasteiger partial charge in [0.1, 0.15) is 0 Å². The van der Waals surface area contributed by atoms with Gasteiger partial charge in [0.05, 0.1) is 30.1 Å². The minimum atomic E-state index is -0.456. The number of amides is 1. The number of hydrogen-bond donors (Lipinski definition) is 1. The second-order valence-electron chi connectivity index (χ2n) is 5.04. The summed E-state index contributed by atoms with van der Waals surface area (Å²) in [7, 11) is 1.31. The number of benzene rings is 2.